The number of rotatable bonds is 26. The zero-order valence-corrected chi connectivity index (χ0v) is 41.3. The van der Waals surface area contributed by atoms with E-state index in [9.17, 15) is 28.8 Å². The van der Waals surface area contributed by atoms with Crippen LogP contribution in [0.15, 0.2) is 52.4 Å². The zero-order chi connectivity index (χ0) is 49.7. The van der Waals surface area contributed by atoms with Gasteiger partial charge in [-0.15, -0.1) is 11.8 Å². The number of ether oxygens (including phenoxy) is 5. The highest BCUT2D eigenvalue weighted by molar-refractivity contribution is 7.99. The van der Waals surface area contributed by atoms with E-state index in [0.29, 0.717) is 105 Å². The second kappa shape index (κ2) is 25.1. The molecular weight excluding hydrogens is 935 g/mol. The number of hydrogen-bond donors (Lipinski definition) is 2. The first kappa shape index (κ1) is 51.7. The highest BCUT2D eigenvalue weighted by atomic mass is 32.2. The molecule has 1 unspecified atom stereocenters. The van der Waals surface area contributed by atoms with Gasteiger partial charge < -0.3 is 33.9 Å². The Balaban J connectivity index is 0.616. The van der Waals surface area contributed by atoms with E-state index in [0.717, 1.165) is 75.4 Å². The van der Waals surface area contributed by atoms with Gasteiger partial charge in [0.05, 0.1) is 88.0 Å². The highest BCUT2D eigenvalue weighted by Gasteiger charge is 2.45. The molecule has 0 spiro atoms. The quantitative estimate of drug-likeness (QED) is 0.0386. The first-order chi connectivity index (χ1) is 34.6. The molecule has 20 nitrogen and oxygen atoms in total. The molecule has 21 heteroatoms. The van der Waals surface area contributed by atoms with E-state index in [1.165, 1.54) is 18.7 Å². The Morgan fingerprint density at radius 3 is 2.11 bits per heavy atom. The number of carbonyl (C=O) groups is 5. The number of hydrogen-bond acceptors (Lipinski definition) is 18. The number of aromatic nitrogens is 4. The Labute approximate surface area is 416 Å². The SMILES string of the molecule is CC(=O)c1c(C)c2cnc(Nc3ccc(N4CCN(CCCOCCOCCOCCOCCOCCSc5cccc6c5C(=O)N(C5CCC(=O)NC5=O)C6=O)CC4)cn3)nc2n(C2CCCC2)c1=O. The van der Waals surface area contributed by atoms with Crippen molar-refractivity contribution >= 4 is 69.7 Å². The average molecular weight is 998 g/mol. The normalized spacial score (nSPS) is 17.7. The number of thioether (sulfide) groups is 1. The summed E-state index contributed by atoms with van der Waals surface area (Å²) in [7, 11) is 0. The molecule has 1 aromatic carbocycles. The lowest BCUT2D eigenvalue weighted by atomic mass is 10.0. The number of anilines is 3. The van der Waals surface area contributed by atoms with E-state index in [-0.39, 0.29) is 46.9 Å². The Bertz CT molecular complexity index is 2600. The summed E-state index contributed by atoms with van der Waals surface area (Å²) < 4.78 is 30.0. The van der Waals surface area contributed by atoms with Crippen LogP contribution in [0.3, 0.4) is 0 Å². The molecule has 4 aromatic rings. The van der Waals surface area contributed by atoms with Gasteiger partial charge in [-0.25, -0.2) is 9.97 Å². The molecule has 1 atom stereocenters. The number of carbonyl (C=O) groups excluding carboxylic acids is 5. The van der Waals surface area contributed by atoms with Gasteiger partial charge in [-0.3, -0.25) is 48.5 Å². The summed E-state index contributed by atoms with van der Waals surface area (Å²) in [6.45, 7) is 12.6. The summed E-state index contributed by atoms with van der Waals surface area (Å²) in [5.74, 6) is -0.829. The summed E-state index contributed by atoms with van der Waals surface area (Å²) in [6, 6.07) is 8.04. The van der Waals surface area contributed by atoms with Crippen molar-refractivity contribution in [1.82, 2.24) is 34.6 Å². The minimum absolute atomic E-state index is 0.0107. The number of pyridine rings is 2. The van der Waals surface area contributed by atoms with Crippen LogP contribution < -0.4 is 21.1 Å². The number of benzene rings is 1. The van der Waals surface area contributed by atoms with Crippen molar-refractivity contribution in [1.29, 1.82) is 0 Å². The lowest BCUT2D eigenvalue weighted by Crippen LogP contribution is -2.54. The van der Waals surface area contributed by atoms with Crippen molar-refractivity contribution in [2.24, 2.45) is 0 Å². The van der Waals surface area contributed by atoms with Crippen LogP contribution in [0.5, 0.6) is 0 Å². The van der Waals surface area contributed by atoms with Crippen LogP contribution in [-0.2, 0) is 33.3 Å². The second-order valence-corrected chi connectivity index (χ2v) is 19.0. The van der Waals surface area contributed by atoms with Crippen LogP contribution in [0.4, 0.5) is 17.5 Å². The fourth-order valence-corrected chi connectivity index (χ4v) is 10.4. The molecule has 8 rings (SSSR count). The molecule has 0 radical (unpaired) electrons. The standard InChI is InChI=1S/C50H63N9O11S/c1-33-38-32-52-50(55-45(38)58(35-7-3-4-8-35)48(64)43(33)34(2)60)53-41-13-11-36(31-51-41)57-18-16-56(17-19-57)15-6-20-66-21-22-67-23-24-68-25-26-69-27-28-70-29-30-71-40-10-5-9-37-44(40)49(65)59(47(37)63)39-12-14-42(61)54-46(39)62/h5,9-11,13,31-32,35,39H,3-4,6-8,12,14-30H2,1-2H3,(H,54,61,62)(H,51,52,53,55). The average Bonchev–Trinajstić information content (AvgIpc) is 3.98. The second-order valence-electron chi connectivity index (χ2n) is 17.8. The van der Waals surface area contributed by atoms with Gasteiger partial charge in [0.1, 0.15) is 17.5 Å². The molecule has 380 valence electrons. The van der Waals surface area contributed by atoms with Gasteiger partial charge in [-0.05, 0) is 69.4 Å². The van der Waals surface area contributed by atoms with Crippen LogP contribution in [0.25, 0.3) is 11.0 Å². The molecule has 4 amide bonds. The van der Waals surface area contributed by atoms with E-state index >= 15 is 0 Å². The maximum absolute atomic E-state index is 13.6. The van der Waals surface area contributed by atoms with E-state index < -0.39 is 29.7 Å². The fourth-order valence-electron chi connectivity index (χ4n) is 9.49. The third kappa shape index (κ3) is 12.9. The monoisotopic (exact) mass is 997 g/mol. The third-order valence-corrected chi connectivity index (χ3v) is 14.2. The van der Waals surface area contributed by atoms with Crippen LogP contribution in [0.1, 0.15) is 94.5 Å². The van der Waals surface area contributed by atoms with Crippen molar-refractivity contribution < 1.29 is 47.7 Å². The smallest absolute Gasteiger partial charge is 0.263 e. The van der Waals surface area contributed by atoms with Crippen LogP contribution in [0, 0.1) is 6.92 Å². The Morgan fingerprint density at radius 1 is 0.789 bits per heavy atom. The van der Waals surface area contributed by atoms with Crippen molar-refractivity contribution in [2.45, 2.75) is 75.8 Å². The number of nitrogens with one attached hydrogen (secondary N) is 2. The van der Waals surface area contributed by atoms with Gasteiger partial charge in [0.25, 0.3) is 17.4 Å². The molecule has 6 heterocycles. The van der Waals surface area contributed by atoms with Crippen molar-refractivity contribution in [3.63, 3.8) is 0 Å². The fraction of sp³-hybridized carbons (Fsp3) is 0.540. The molecule has 2 saturated heterocycles. The molecule has 2 N–H and O–H groups in total. The molecule has 3 aliphatic heterocycles. The maximum Gasteiger partial charge on any atom is 0.263 e. The Kier molecular flexibility index (Phi) is 18.3. The number of Topliss-reactive ketones (excluding diaryl/α,β-unsaturated/α-hetero) is 1. The first-order valence-electron chi connectivity index (χ1n) is 24.6. The lowest BCUT2D eigenvalue weighted by molar-refractivity contribution is -0.136. The van der Waals surface area contributed by atoms with Gasteiger partial charge in [0, 0.05) is 74.0 Å². The van der Waals surface area contributed by atoms with Gasteiger partial charge in [-0.2, -0.15) is 4.98 Å². The van der Waals surface area contributed by atoms with Crippen molar-refractivity contribution in [3.05, 3.63) is 75.3 Å². The Hall–Kier alpha value is -5.68. The van der Waals surface area contributed by atoms with E-state index in [1.807, 2.05) is 18.3 Å². The number of amides is 4. The predicted octanol–water partition coefficient (Wildman–Crippen LogP) is 4.34. The number of piperazine rings is 1. The summed E-state index contributed by atoms with van der Waals surface area (Å²) in [6.07, 6.45) is 8.52. The number of piperidine rings is 1. The number of ketones is 1. The molecule has 0 bridgehead atoms. The summed E-state index contributed by atoms with van der Waals surface area (Å²) in [5.41, 5.74) is 2.69. The first-order valence-corrected chi connectivity index (χ1v) is 25.6. The molecular formula is C50H63N9O11S. The van der Waals surface area contributed by atoms with Crippen molar-refractivity contribution in [3.8, 4) is 0 Å². The van der Waals surface area contributed by atoms with Gasteiger partial charge in [-0.1, -0.05) is 18.9 Å². The minimum Gasteiger partial charge on any atom is -0.379 e. The van der Waals surface area contributed by atoms with E-state index in [4.69, 9.17) is 28.7 Å². The number of imide groups is 2. The highest BCUT2D eigenvalue weighted by Crippen LogP contribution is 2.35. The number of fused-ring (bicyclic) bond motifs is 2. The molecule has 3 aromatic heterocycles. The van der Waals surface area contributed by atoms with Crippen LogP contribution in [0.2, 0.25) is 0 Å². The Morgan fingerprint density at radius 2 is 1.46 bits per heavy atom. The summed E-state index contributed by atoms with van der Waals surface area (Å²) in [5, 5.41) is 6.14. The van der Waals surface area contributed by atoms with Crippen molar-refractivity contribution in [2.75, 3.05) is 115 Å². The topological polar surface area (TPSA) is 226 Å². The summed E-state index contributed by atoms with van der Waals surface area (Å²) in [4.78, 5) is 96.6. The molecule has 4 aliphatic rings. The van der Waals surface area contributed by atoms with Crippen LogP contribution in [-0.4, -0.2) is 169 Å². The molecule has 3 fully saturated rings. The maximum atomic E-state index is 13.6. The van der Waals surface area contributed by atoms with Gasteiger partial charge in [0.15, 0.2) is 5.78 Å². The van der Waals surface area contributed by atoms with Gasteiger partial charge in [0.2, 0.25) is 17.8 Å². The molecule has 1 saturated carbocycles. The number of nitrogens with zero attached hydrogens (tertiary/aromatic N) is 7. The molecule has 71 heavy (non-hydrogen) atoms. The van der Waals surface area contributed by atoms with Crippen LogP contribution >= 0.6 is 11.8 Å². The summed E-state index contributed by atoms with van der Waals surface area (Å²) >= 11 is 1.40. The minimum atomic E-state index is -0.998. The van der Waals surface area contributed by atoms with E-state index in [1.54, 1.807) is 35.9 Å². The third-order valence-electron chi connectivity index (χ3n) is 13.1. The lowest BCUT2D eigenvalue weighted by Gasteiger charge is -2.36. The zero-order valence-electron chi connectivity index (χ0n) is 40.5. The largest absolute Gasteiger partial charge is 0.379 e. The predicted molar refractivity (Wildman–Crippen MR) is 265 cm³/mol. The van der Waals surface area contributed by atoms with E-state index in [2.05, 4.69) is 30.4 Å². The van der Waals surface area contributed by atoms with Gasteiger partial charge >= 0.3 is 0 Å². The molecule has 1 aliphatic carbocycles. The number of aryl methyl sites for hydroxylation is 1.